The van der Waals surface area contributed by atoms with Gasteiger partial charge in [0.15, 0.2) is 0 Å². The van der Waals surface area contributed by atoms with Crippen LogP contribution >= 0.6 is 23.2 Å². The fraction of sp³-hybridized carbons (Fsp3) is 0.421. The van der Waals surface area contributed by atoms with Gasteiger partial charge in [-0.15, -0.1) is 0 Å². The molecule has 1 fully saturated rings. The van der Waals surface area contributed by atoms with Crippen molar-refractivity contribution in [3.8, 4) is 0 Å². The zero-order valence-electron chi connectivity index (χ0n) is 16.4. The number of nitrogens with one attached hydrogen (secondary N) is 3. The minimum absolute atomic E-state index is 0.0274. The summed E-state index contributed by atoms with van der Waals surface area (Å²) in [5, 5.41) is 14.7. The molecule has 1 aromatic carbocycles. The number of urea groups is 1. The molecule has 29 heavy (non-hydrogen) atoms. The number of amides is 3. The highest BCUT2D eigenvalue weighted by Crippen LogP contribution is 2.25. The van der Waals surface area contributed by atoms with Gasteiger partial charge in [0.25, 0.3) is 5.91 Å². The highest BCUT2D eigenvalue weighted by molar-refractivity contribution is 6.42. The molecule has 1 atom stereocenters. The van der Waals surface area contributed by atoms with E-state index in [1.807, 2.05) is 20.8 Å². The Balaban J connectivity index is 2.44. The maximum Gasteiger partial charge on any atom is 0.318 e. The molecule has 1 aliphatic rings. The molecule has 1 unspecified atom stereocenters. The molecule has 7 nitrogen and oxygen atoms in total. The average Bonchev–Trinajstić information content (AvgIpc) is 2.62. The first-order valence-corrected chi connectivity index (χ1v) is 9.65. The minimum Gasteiger partial charge on any atom is -0.379 e. The van der Waals surface area contributed by atoms with Gasteiger partial charge in [0.1, 0.15) is 6.67 Å². The van der Waals surface area contributed by atoms with Crippen molar-refractivity contribution in [2.45, 2.75) is 32.4 Å². The normalized spacial score (nSPS) is 18.7. The number of benzene rings is 1. The van der Waals surface area contributed by atoms with Crippen molar-refractivity contribution >= 4 is 40.9 Å². The number of piperazine rings is 1. The second-order valence-corrected chi connectivity index (χ2v) is 8.59. The van der Waals surface area contributed by atoms with Crippen LogP contribution in [0.2, 0.25) is 10.0 Å². The Bertz CT molecular complexity index is 867. The summed E-state index contributed by atoms with van der Waals surface area (Å²) in [6, 6.07) is 3.33. The molecule has 0 aromatic heterocycles. The fourth-order valence-electron chi connectivity index (χ4n) is 2.87. The van der Waals surface area contributed by atoms with Gasteiger partial charge in [0.05, 0.1) is 33.9 Å². The van der Waals surface area contributed by atoms with Crippen molar-refractivity contribution in [2.75, 3.05) is 19.8 Å². The molecular weight excluding hydrogens is 420 g/mol. The van der Waals surface area contributed by atoms with Gasteiger partial charge in [-0.2, -0.15) is 0 Å². The van der Waals surface area contributed by atoms with E-state index >= 15 is 0 Å². The molecule has 0 radical (unpaired) electrons. The lowest BCUT2D eigenvalue weighted by Crippen LogP contribution is -2.58. The number of nitrogens with zero attached hydrogens (tertiary/aromatic N) is 1. The van der Waals surface area contributed by atoms with E-state index in [1.165, 1.54) is 23.1 Å². The first kappa shape index (κ1) is 23.0. The molecule has 0 spiro atoms. The van der Waals surface area contributed by atoms with E-state index in [-0.39, 0.29) is 35.1 Å². The molecule has 1 aromatic rings. The zero-order chi connectivity index (χ0) is 21.9. The Morgan fingerprint density at radius 2 is 2.00 bits per heavy atom. The van der Waals surface area contributed by atoms with E-state index in [4.69, 9.17) is 34.3 Å². The maximum atomic E-state index is 13.5. The number of carbonyl (C=O) groups excluding carboxylic acids is 2. The van der Waals surface area contributed by atoms with Crippen LogP contribution in [0.15, 0.2) is 29.5 Å². The molecule has 1 heterocycles. The minimum atomic E-state index is -0.876. The number of nitrogens with two attached hydrogens (primary N) is 1. The number of carbonyl (C=O) groups is 2. The third-order valence-corrected chi connectivity index (χ3v) is 4.87. The van der Waals surface area contributed by atoms with E-state index in [0.717, 1.165) is 0 Å². The first-order valence-electron chi connectivity index (χ1n) is 8.89. The first-order chi connectivity index (χ1) is 13.4. The van der Waals surface area contributed by atoms with Gasteiger partial charge in [0, 0.05) is 23.3 Å². The van der Waals surface area contributed by atoms with Crippen LogP contribution in [0.25, 0.3) is 0 Å². The summed E-state index contributed by atoms with van der Waals surface area (Å²) in [5.74, 6) is -0.876. The van der Waals surface area contributed by atoms with Crippen LogP contribution in [0, 0.1) is 5.41 Å². The van der Waals surface area contributed by atoms with Crippen molar-refractivity contribution in [2.24, 2.45) is 5.73 Å². The molecule has 2 rings (SSSR count). The Labute approximate surface area is 178 Å². The smallest absolute Gasteiger partial charge is 0.318 e. The summed E-state index contributed by atoms with van der Waals surface area (Å²) in [7, 11) is 0. The molecule has 5 N–H and O–H groups in total. The van der Waals surface area contributed by atoms with Crippen molar-refractivity contribution in [3.05, 3.63) is 45.1 Å². The van der Waals surface area contributed by atoms with Crippen LogP contribution in [0.4, 0.5) is 9.18 Å². The quantitative estimate of drug-likeness (QED) is 0.423. The molecular formula is C19H24Cl2FN5O2. The van der Waals surface area contributed by atoms with Crippen LogP contribution in [-0.2, 0) is 4.79 Å². The van der Waals surface area contributed by atoms with Gasteiger partial charge in [-0.05, 0) is 32.9 Å². The lowest BCUT2D eigenvalue weighted by molar-refractivity contribution is -0.114. The Morgan fingerprint density at radius 3 is 2.52 bits per heavy atom. The standard InChI is InChI=1S/C19H24Cl2FN5O2/c1-19(2,3)26-18(29)27-8-11(7-22)25-14(9-27)15(17(24)28)16(23)10-4-5-12(20)13(21)6-10/h4-6,11,23,25H,7-9H2,1-3H3,(H2,24,28)(H,26,29)/b15-14+,23-16?. The third-order valence-electron chi connectivity index (χ3n) is 4.13. The van der Waals surface area contributed by atoms with Gasteiger partial charge < -0.3 is 21.3 Å². The molecule has 158 valence electrons. The maximum absolute atomic E-state index is 13.5. The van der Waals surface area contributed by atoms with E-state index in [0.29, 0.717) is 10.6 Å². The number of alkyl halides is 1. The largest absolute Gasteiger partial charge is 0.379 e. The van der Waals surface area contributed by atoms with Crippen LogP contribution in [0.5, 0.6) is 0 Å². The molecule has 3 amide bonds. The van der Waals surface area contributed by atoms with E-state index in [2.05, 4.69) is 10.6 Å². The summed E-state index contributed by atoms with van der Waals surface area (Å²) >= 11 is 11.9. The van der Waals surface area contributed by atoms with Gasteiger partial charge in [-0.1, -0.05) is 29.3 Å². The van der Waals surface area contributed by atoms with Crippen LogP contribution in [0.3, 0.4) is 0 Å². The van der Waals surface area contributed by atoms with Crippen LogP contribution in [0.1, 0.15) is 26.3 Å². The summed E-state index contributed by atoms with van der Waals surface area (Å²) in [6.45, 7) is 4.78. The number of hydrogen-bond acceptors (Lipinski definition) is 4. The molecule has 10 heteroatoms. The van der Waals surface area contributed by atoms with E-state index in [1.54, 1.807) is 0 Å². The Hall–Kier alpha value is -2.32. The summed E-state index contributed by atoms with van der Waals surface area (Å²) in [6.07, 6.45) is 0. The Kier molecular flexibility index (Phi) is 7.13. The number of hydrogen-bond donors (Lipinski definition) is 4. The molecule has 0 saturated carbocycles. The molecule has 1 saturated heterocycles. The molecule has 0 aliphatic carbocycles. The van der Waals surface area contributed by atoms with Crippen molar-refractivity contribution in [1.82, 2.24) is 15.5 Å². The highest BCUT2D eigenvalue weighted by atomic mass is 35.5. The second kappa shape index (κ2) is 9.00. The number of rotatable bonds is 4. The number of primary amides is 1. The van der Waals surface area contributed by atoms with Crippen molar-refractivity contribution in [1.29, 1.82) is 5.41 Å². The van der Waals surface area contributed by atoms with Gasteiger partial charge in [-0.3, -0.25) is 10.2 Å². The van der Waals surface area contributed by atoms with Gasteiger partial charge in [-0.25, -0.2) is 9.18 Å². The number of halogens is 3. The fourth-order valence-corrected chi connectivity index (χ4v) is 3.17. The Morgan fingerprint density at radius 1 is 1.34 bits per heavy atom. The van der Waals surface area contributed by atoms with Crippen LogP contribution in [-0.4, -0.2) is 53.9 Å². The second-order valence-electron chi connectivity index (χ2n) is 7.78. The van der Waals surface area contributed by atoms with Gasteiger partial charge >= 0.3 is 6.03 Å². The van der Waals surface area contributed by atoms with Crippen LogP contribution < -0.4 is 16.4 Å². The highest BCUT2D eigenvalue weighted by Gasteiger charge is 2.31. The summed E-state index contributed by atoms with van der Waals surface area (Å²) < 4.78 is 13.5. The molecule has 0 bridgehead atoms. The SMILES string of the molecule is CC(C)(C)NC(=O)N1C/C(=C(/C(=N)c2ccc(Cl)c(Cl)c2)C(N)=O)NC(CF)C1. The topological polar surface area (TPSA) is 111 Å². The van der Waals surface area contributed by atoms with Crippen molar-refractivity contribution in [3.63, 3.8) is 0 Å². The summed E-state index contributed by atoms with van der Waals surface area (Å²) in [4.78, 5) is 26.1. The third kappa shape index (κ3) is 5.83. The summed E-state index contributed by atoms with van der Waals surface area (Å²) in [5.41, 5.74) is 5.22. The average molecular weight is 444 g/mol. The lowest BCUT2D eigenvalue weighted by Gasteiger charge is -2.37. The zero-order valence-corrected chi connectivity index (χ0v) is 17.9. The van der Waals surface area contributed by atoms with E-state index < -0.39 is 30.2 Å². The predicted molar refractivity (Wildman–Crippen MR) is 112 cm³/mol. The van der Waals surface area contributed by atoms with Gasteiger partial charge in [0.2, 0.25) is 0 Å². The predicted octanol–water partition coefficient (Wildman–Crippen LogP) is 2.85. The van der Waals surface area contributed by atoms with E-state index in [9.17, 15) is 14.0 Å². The lowest BCUT2D eigenvalue weighted by atomic mass is 9.98. The monoisotopic (exact) mass is 443 g/mol. The molecule has 1 aliphatic heterocycles. The van der Waals surface area contributed by atoms with Crippen molar-refractivity contribution < 1.29 is 14.0 Å².